The maximum absolute atomic E-state index is 12.4. The van der Waals surface area contributed by atoms with Gasteiger partial charge in [-0.15, -0.1) is 11.8 Å². The molecular formula is C18H25NO4S. The van der Waals surface area contributed by atoms with Crippen molar-refractivity contribution in [1.82, 2.24) is 4.90 Å². The number of hydrogen-bond donors (Lipinski definition) is 1. The van der Waals surface area contributed by atoms with Gasteiger partial charge in [0, 0.05) is 24.4 Å². The van der Waals surface area contributed by atoms with Gasteiger partial charge >= 0.3 is 5.97 Å². The first kappa shape index (κ1) is 18.6. The van der Waals surface area contributed by atoms with Crippen molar-refractivity contribution in [2.45, 2.75) is 37.5 Å². The molecule has 132 valence electrons. The van der Waals surface area contributed by atoms with Gasteiger partial charge in [0.05, 0.1) is 12.4 Å². The summed E-state index contributed by atoms with van der Waals surface area (Å²) in [6.07, 6.45) is 2.83. The predicted molar refractivity (Wildman–Crippen MR) is 94.5 cm³/mol. The Hall–Kier alpha value is -1.69. The first-order valence-corrected chi connectivity index (χ1v) is 9.42. The number of thioether (sulfide) groups is 1. The molecule has 0 saturated carbocycles. The number of benzene rings is 1. The summed E-state index contributed by atoms with van der Waals surface area (Å²) in [4.78, 5) is 26.0. The predicted octanol–water partition coefficient (Wildman–Crippen LogP) is 3.28. The SMILES string of the molecule is CCOc1ccc(SCC(=O)N2CCCC(CCC(=O)O)C2)cc1. The summed E-state index contributed by atoms with van der Waals surface area (Å²) >= 11 is 1.53. The van der Waals surface area contributed by atoms with E-state index >= 15 is 0 Å². The maximum atomic E-state index is 12.4. The molecule has 1 aliphatic rings. The first-order chi connectivity index (χ1) is 11.6. The highest BCUT2D eigenvalue weighted by molar-refractivity contribution is 8.00. The van der Waals surface area contributed by atoms with Crippen molar-refractivity contribution >= 4 is 23.6 Å². The molecule has 1 amide bonds. The summed E-state index contributed by atoms with van der Waals surface area (Å²) in [7, 11) is 0. The summed E-state index contributed by atoms with van der Waals surface area (Å²) in [5.74, 6) is 0.942. The number of carbonyl (C=O) groups is 2. The molecule has 1 aliphatic heterocycles. The van der Waals surface area contributed by atoms with Gasteiger partial charge in [-0.1, -0.05) is 0 Å². The smallest absolute Gasteiger partial charge is 0.303 e. The number of carboxylic acids is 1. The minimum absolute atomic E-state index is 0.133. The van der Waals surface area contributed by atoms with Gasteiger partial charge in [-0.2, -0.15) is 0 Å². The quantitative estimate of drug-likeness (QED) is 0.728. The molecule has 1 heterocycles. The monoisotopic (exact) mass is 351 g/mol. The zero-order chi connectivity index (χ0) is 17.4. The topological polar surface area (TPSA) is 66.8 Å². The average molecular weight is 351 g/mol. The van der Waals surface area contributed by atoms with Gasteiger partial charge in [0.15, 0.2) is 0 Å². The van der Waals surface area contributed by atoms with E-state index in [-0.39, 0.29) is 12.3 Å². The van der Waals surface area contributed by atoms with Crippen LogP contribution in [0, 0.1) is 5.92 Å². The third kappa shape index (κ3) is 6.07. The lowest BCUT2D eigenvalue weighted by Crippen LogP contribution is -2.41. The zero-order valence-corrected chi connectivity index (χ0v) is 14.9. The van der Waals surface area contributed by atoms with Crippen LogP contribution in [0.5, 0.6) is 5.75 Å². The number of piperidine rings is 1. The van der Waals surface area contributed by atoms with Crippen LogP contribution >= 0.6 is 11.8 Å². The van der Waals surface area contributed by atoms with E-state index in [0.29, 0.717) is 31.2 Å². The maximum Gasteiger partial charge on any atom is 0.303 e. The molecule has 1 aromatic carbocycles. The Morgan fingerprint density at radius 1 is 1.33 bits per heavy atom. The molecule has 1 atom stereocenters. The second-order valence-electron chi connectivity index (χ2n) is 5.97. The van der Waals surface area contributed by atoms with Crippen LogP contribution in [-0.4, -0.2) is 47.3 Å². The van der Waals surface area contributed by atoms with Crippen molar-refractivity contribution in [2.75, 3.05) is 25.4 Å². The summed E-state index contributed by atoms with van der Waals surface area (Å²) in [6.45, 7) is 4.06. The van der Waals surface area contributed by atoms with Crippen LogP contribution in [0.1, 0.15) is 32.6 Å². The number of carboxylic acid groups (broad SMARTS) is 1. The number of nitrogens with zero attached hydrogens (tertiary/aromatic N) is 1. The molecule has 2 rings (SSSR count). The van der Waals surface area contributed by atoms with Crippen LogP contribution in [0.4, 0.5) is 0 Å². The Morgan fingerprint density at radius 3 is 2.75 bits per heavy atom. The lowest BCUT2D eigenvalue weighted by atomic mass is 9.93. The highest BCUT2D eigenvalue weighted by atomic mass is 32.2. The molecule has 1 N–H and O–H groups in total. The molecule has 1 unspecified atom stereocenters. The number of likely N-dealkylation sites (tertiary alicyclic amines) is 1. The summed E-state index contributed by atoms with van der Waals surface area (Å²) in [6, 6.07) is 7.77. The fourth-order valence-corrected chi connectivity index (χ4v) is 3.69. The number of carbonyl (C=O) groups excluding carboxylic acids is 1. The molecule has 0 aliphatic carbocycles. The molecule has 0 aromatic heterocycles. The van der Waals surface area contributed by atoms with E-state index in [9.17, 15) is 9.59 Å². The Bertz CT molecular complexity index is 546. The van der Waals surface area contributed by atoms with Crippen LogP contribution < -0.4 is 4.74 Å². The molecule has 1 aromatic rings. The second kappa shape index (κ2) is 9.57. The van der Waals surface area contributed by atoms with Gasteiger partial charge in [-0.3, -0.25) is 9.59 Å². The van der Waals surface area contributed by atoms with Crippen molar-refractivity contribution in [2.24, 2.45) is 5.92 Å². The minimum Gasteiger partial charge on any atom is -0.494 e. The Kier molecular flexibility index (Phi) is 7.43. The zero-order valence-electron chi connectivity index (χ0n) is 14.1. The van der Waals surface area contributed by atoms with Crippen LogP contribution in [0.3, 0.4) is 0 Å². The fourth-order valence-electron chi connectivity index (χ4n) is 2.89. The third-order valence-corrected chi connectivity index (χ3v) is 5.13. The van der Waals surface area contributed by atoms with E-state index in [0.717, 1.165) is 30.0 Å². The van der Waals surface area contributed by atoms with Crippen molar-refractivity contribution in [1.29, 1.82) is 0 Å². The van der Waals surface area contributed by atoms with E-state index in [4.69, 9.17) is 9.84 Å². The Morgan fingerprint density at radius 2 is 2.08 bits per heavy atom. The van der Waals surface area contributed by atoms with E-state index in [1.165, 1.54) is 11.8 Å². The molecule has 5 nitrogen and oxygen atoms in total. The van der Waals surface area contributed by atoms with Gasteiger partial charge in [0.2, 0.25) is 5.91 Å². The molecule has 1 fully saturated rings. The Balaban J connectivity index is 1.77. The normalized spacial score (nSPS) is 17.5. The number of ether oxygens (including phenoxy) is 1. The molecular weight excluding hydrogens is 326 g/mol. The Labute approximate surface area is 147 Å². The number of aliphatic carboxylic acids is 1. The van der Waals surface area contributed by atoms with E-state index in [1.807, 2.05) is 36.1 Å². The van der Waals surface area contributed by atoms with Crippen molar-refractivity contribution in [3.05, 3.63) is 24.3 Å². The molecule has 0 radical (unpaired) electrons. The van der Waals surface area contributed by atoms with Gasteiger partial charge < -0.3 is 14.7 Å². The largest absolute Gasteiger partial charge is 0.494 e. The number of hydrogen-bond acceptors (Lipinski definition) is 4. The van der Waals surface area contributed by atoms with E-state index in [2.05, 4.69) is 0 Å². The first-order valence-electron chi connectivity index (χ1n) is 8.43. The van der Waals surface area contributed by atoms with Crippen LogP contribution in [0.2, 0.25) is 0 Å². The van der Waals surface area contributed by atoms with Gasteiger partial charge in [-0.25, -0.2) is 0 Å². The summed E-state index contributed by atoms with van der Waals surface area (Å²) in [5, 5.41) is 8.79. The van der Waals surface area contributed by atoms with Crippen molar-refractivity contribution in [3.63, 3.8) is 0 Å². The second-order valence-corrected chi connectivity index (χ2v) is 7.02. The minimum atomic E-state index is -0.760. The van der Waals surface area contributed by atoms with Crippen LogP contribution in [0.25, 0.3) is 0 Å². The van der Waals surface area contributed by atoms with Crippen molar-refractivity contribution in [3.8, 4) is 5.75 Å². The van der Waals surface area contributed by atoms with E-state index < -0.39 is 5.97 Å². The number of amides is 1. The molecule has 24 heavy (non-hydrogen) atoms. The van der Waals surface area contributed by atoms with Gasteiger partial charge in [-0.05, 0) is 56.4 Å². The highest BCUT2D eigenvalue weighted by Crippen LogP contribution is 2.24. The lowest BCUT2D eigenvalue weighted by Gasteiger charge is -2.32. The van der Waals surface area contributed by atoms with Crippen LogP contribution in [0.15, 0.2) is 29.2 Å². The van der Waals surface area contributed by atoms with Crippen molar-refractivity contribution < 1.29 is 19.4 Å². The number of rotatable bonds is 8. The standard InChI is InChI=1S/C18H25NO4S/c1-2-23-15-6-8-16(9-7-15)24-13-17(20)19-11-3-4-14(12-19)5-10-18(21)22/h6-9,14H,2-5,10-13H2,1H3,(H,21,22). The third-order valence-electron chi connectivity index (χ3n) is 4.14. The van der Waals surface area contributed by atoms with E-state index in [1.54, 1.807) is 0 Å². The summed E-state index contributed by atoms with van der Waals surface area (Å²) < 4.78 is 5.41. The highest BCUT2D eigenvalue weighted by Gasteiger charge is 2.23. The average Bonchev–Trinajstić information content (AvgIpc) is 2.59. The molecule has 1 saturated heterocycles. The van der Waals surface area contributed by atoms with Gasteiger partial charge in [0.1, 0.15) is 5.75 Å². The summed E-state index contributed by atoms with van der Waals surface area (Å²) in [5.41, 5.74) is 0. The molecule has 0 bridgehead atoms. The lowest BCUT2D eigenvalue weighted by molar-refractivity contribution is -0.137. The van der Waals surface area contributed by atoms with Gasteiger partial charge in [0.25, 0.3) is 0 Å². The molecule has 0 spiro atoms. The fraction of sp³-hybridized carbons (Fsp3) is 0.556. The van der Waals surface area contributed by atoms with Crippen LogP contribution in [-0.2, 0) is 9.59 Å². The molecule has 6 heteroatoms.